The van der Waals surface area contributed by atoms with Gasteiger partial charge >= 0.3 is 0 Å². The van der Waals surface area contributed by atoms with Crippen molar-refractivity contribution in [3.05, 3.63) is 42.6 Å². The van der Waals surface area contributed by atoms with Gasteiger partial charge in [-0.15, -0.1) is 11.8 Å². The van der Waals surface area contributed by atoms with E-state index >= 15 is 0 Å². The number of anilines is 2. The van der Waals surface area contributed by atoms with E-state index in [1.54, 1.807) is 11.0 Å². The van der Waals surface area contributed by atoms with Gasteiger partial charge in [-0.25, -0.2) is 4.98 Å². The van der Waals surface area contributed by atoms with E-state index in [1.807, 2.05) is 24.3 Å². The SMILES string of the molecule is O=C(CCN1C(=O)CSc2ccccc21)Nc1ncccc1O. The van der Waals surface area contributed by atoms with Crippen molar-refractivity contribution in [2.75, 3.05) is 22.5 Å². The van der Waals surface area contributed by atoms with E-state index in [-0.39, 0.29) is 36.3 Å². The molecular formula is C16H15N3O3S. The number of carbonyl (C=O) groups is 2. The summed E-state index contributed by atoms with van der Waals surface area (Å²) in [5, 5.41) is 12.1. The molecule has 0 spiro atoms. The van der Waals surface area contributed by atoms with Crippen LogP contribution >= 0.6 is 11.8 Å². The third-order valence-electron chi connectivity index (χ3n) is 3.41. The normalized spacial score (nSPS) is 13.6. The lowest BCUT2D eigenvalue weighted by atomic mass is 10.2. The van der Waals surface area contributed by atoms with Crippen molar-refractivity contribution in [2.24, 2.45) is 0 Å². The fourth-order valence-corrected chi connectivity index (χ4v) is 3.24. The molecule has 0 atom stereocenters. The number of benzene rings is 1. The maximum absolute atomic E-state index is 12.1. The van der Waals surface area contributed by atoms with Gasteiger partial charge in [0.15, 0.2) is 11.6 Å². The molecule has 0 bridgehead atoms. The standard InChI is InChI=1S/C16H15N3O3S/c20-12-5-3-8-17-16(12)18-14(21)7-9-19-11-4-1-2-6-13(11)23-10-15(19)22/h1-6,8,20H,7,9-10H2,(H,17,18,21). The van der Waals surface area contributed by atoms with E-state index in [0.717, 1.165) is 10.6 Å². The highest BCUT2D eigenvalue weighted by Gasteiger charge is 2.24. The van der Waals surface area contributed by atoms with Crippen LogP contribution in [-0.4, -0.2) is 34.2 Å². The molecule has 0 aliphatic carbocycles. The predicted octanol–water partition coefficient (Wildman–Crippen LogP) is 2.25. The van der Waals surface area contributed by atoms with Gasteiger partial charge < -0.3 is 15.3 Å². The van der Waals surface area contributed by atoms with E-state index < -0.39 is 0 Å². The maximum Gasteiger partial charge on any atom is 0.237 e. The molecule has 0 radical (unpaired) electrons. The lowest BCUT2D eigenvalue weighted by Gasteiger charge is -2.28. The second-order valence-electron chi connectivity index (χ2n) is 4.97. The average Bonchev–Trinajstić information content (AvgIpc) is 2.56. The Morgan fingerprint density at radius 2 is 2.13 bits per heavy atom. The molecule has 6 nitrogen and oxygen atoms in total. The molecule has 7 heteroatoms. The van der Waals surface area contributed by atoms with Crippen LogP contribution in [0.2, 0.25) is 0 Å². The predicted molar refractivity (Wildman–Crippen MR) is 88.7 cm³/mol. The minimum Gasteiger partial charge on any atom is -0.504 e. The summed E-state index contributed by atoms with van der Waals surface area (Å²) in [4.78, 5) is 30.7. The van der Waals surface area contributed by atoms with Gasteiger partial charge in [0.05, 0.1) is 11.4 Å². The molecule has 0 saturated heterocycles. The van der Waals surface area contributed by atoms with Crippen molar-refractivity contribution in [1.82, 2.24) is 4.98 Å². The third-order valence-corrected chi connectivity index (χ3v) is 4.46. The molecule has 1 aromatic carbocycles. The number of rotatable bonds is 4. The van der Waals surface area contributed by atoms with Crippen LogP contribution in [0.5, 0.6) is 5.75 Å². The molecule has 2 amide bonds. The van der Waals surface area contributed by atoms with Gasteiger partial charge in [0.25, 0.3) is 0 Å². The van der Waals surface area contributed by atoms with E-state index in [0.29, 0.717) is 5.75 Å². The van der Waals surface area contributed by atoms with Crippen LogP contribution in [0.1, 0.15) is 6.42 Å². The summed E-state index contributed by atoms with van der Waals surface area (Å²) in [7, 11) is 0. The van der Waals surface area contributed by atoms with E-state index in [1.165, 1.54) is 24.0 Å². The van der Waals surface area contributed by atoms with E-state index in [4.69, 9.17) is 0 Å². The first kappa shape index (κ1) is 15.4. The van der Waals surface area contributed by atoms with E-state index in [2.05, 4.69) is 10.3 Å². The molecule has 2 aromatic rings. The fourth-order valence-electron chi connectivity index (χ4n) is 2.30. The van der Waals surface area contributed by atoms with Crippen molar-refractivity contribution in [3.8, 4) is 5.75 Å². The van der Waals surface area contributed by atoms with Crippen LogP contribution in [0.3, 0.4) is 0 Å². The number of para-hydroxylation sites is 1. The molecule has 0 unspecified atom stereocenters. The summed E-state index contributed by atoms with van der Waals surface area (Å²) in [5.74, 6) is 0.0967. The quantitative estimate of drug-likeness (QED) is 0.899. The molecule has 3 rings (SSSR count). The summed E-state index contributed by atoms with van der Waals surface area (Å²) < 4.78 is 0. The monoisotopic (exact) mass is 329 g/mol. The van der Waals surface area contributed by atoms with Crippen molar-refractivity contribution in [1.29, 1.82) is 0 Å². The van der Waals surface area contributed by atoms with E-state index in [9.17, 15) is 14.7 Å². The first-order valence-corrected chi connectivity index (χ1v) is 8.10. The van der Waals surface area contributed by atoms with Gasteiger partial charge in [-0.2, -0.15) is 0 Å². The Balaban J connectivity index is 1.65. The zero-order chi connectivity index (χ0) is 16.2. The smallest absolute Gasteiger partial charge is 0.237 e. The maximum atomic E-state index is 12.1. The minimum atomic E-state index is -0.303. The Kier molecular flexibility index (Phi) is 4.47. The van der Waals surface area contributed by atoms with Crippen molar-refractivity contribution in [3.63, 3.8) is 0 Å². The summed E-state index contributed by atoms with van der Waals surface area (Å²) in [6, 6.07) is 10.7. The number of hydrogen-bond donors (Lipinski definition) is 2. The highest BCUT2D eigenvalue weighted by atomic mass is 32.2. The highest BCUT2D eigenvalue weighted by Crippen LogP contribution is 2.34. The number of nitrogens with one attached hydrogen (secondary N) is 1. The average molecular weight is 329 g/mol. The molecule has 118 valence electrons. The Morgan fingerprint density at radius 3 is 2.96 bits per heavy atom. The zero-order valence-corrected chi connectivity index (χ0v) is 13.0. The Bertz CT molecular complexity index is 751. The third kappa shape index (κ3) is 3.45. The number of pyridine rings is 1. The molecule has 0 saturated carbocycles. The van der Waals surface area contributed by atoms with Crippen LogP contribution in [-0.2, 0) is 9.59 Å². The number of thioether (sulfide) groups is 1. The topological polar surface area (TPSA) is 82.5 Å². The number of amides is 2. The number of aromatic hydroxyl groups is 1. The molecule has 2 heterocycles. The molecule has 1 aliphatic rings. The highest BCUT2D eigenvalue weighted by molar-refractivity contribution is 8.00. The van der Waals surface area contributed by atoms with Crippen molar-refractivity contribution in [2.45, 2.75) is 11.3 Å². The second-order valence-corrected chi connectivity index (χ2v) is 5.99. The molecule has 0 fully saturated rings. The summed E-state index contributed by atoms with van der Waals surface area (Å²) in [6.07, 6.45) is 1.61. The molecule has 1 aromatic heterocycles. The van der Waals surface area contributed by atoms with Crippen LogP contribution in [0.25, 0.3) is 0 Å². The molecule has 1 aliphatic heterocycles. The van der Waals surface area contributed by atoms with Gasteiger partial charge in [0.2, 0.25) is 11.8 Å². The molecular weight excluding hydrogens is 314 g/mol. The van der Waals surface area contributed by atoms with Crippen LogP contribution in [0, 0.1) is 0 Å². The van der Waals surface area contributed by atoms with Gasteiger partial charge in [0.1, 0.15) is 0 Å². The van der Waals surface area contributed by atoms with Gasteiger partial charge in [0, 0.05) is 24.1 Å². The number of hydrogen-bond acceptors (Lipinski definition) is 5. The summed E-state index contributed by atoms with van der Waals surface area (Å²) >= 11 is 1.50. The van der Waals surface area contributed by atoms with Gasteiger partial charge in [-0.1, -0.05) is 12.1 Å². The molecule has 23 heavy (non-hydrogen) atoms. The number of aromatic nitrogens is 1. The van der Waals surface area contributed by atoms with Crippen molar-refractivity contribution < 1.29 is 14.7 Å². The lowest BCUT2D eigenvalue weighted by molar-refractivity contribution is -0.117. The largest absolute Gasteiger partial charge is 0.504 e. The molecule has 2 N–H and O–H groups in total. The Hall–Kier alpha value is -2.54. The number of carbonyl (C=O) groups excluding carboxylic acids is 2. The Morgan fingerprint density at radius 1 is 1.30 bits per heavy atom. The van der Waals surface area contributed by atoms with Gasteiger partial charge in [-0.3, -0.25) is 9.59 Å². The van der Waals surface area contributed by atoms with Crippen LogP contribution < -0.4 is 10.2 Å². The summed E-state index contributed by atoms with van der Waals surface area (Å²) in [6.45, 7) is 0.288. The number of fused-ring (bicyclic) bond motifs is 1. The van der Waals surface area contributed by atoms with Crippen molar-refractivity contribution >= 4 is 35.1 Å². The number of nitrogens with zero attached hydrogens (tertiary/aromatic N) is 2. The van der Waals surface area contributed by atoms with Crippen LogP contribution in [0.15, 0.2) is 47.5 Å². The first-order chi connectivity index (χ1) is 11.1. The lowest BCUT2D eigenvalue weighted by Crippen LogP contribution is -2.37. The fraction of sp³-hybridized carbons (Fsp3) is 0.188. The summed E-state index contributed by atoms with van der Waals surface area (Å²) in [5.41, 5.74) is 0.835. The van der Waals surface area contributed by atoms with Gasteiger partial charge in [-0.05, 0) is 24.3 Å². The Labute approximate surface area is 137 Å². The minimum absolute atomic E-state index is 0.0119. The zero-order valence-electron chi connectivity index (χ0n) is 12.2. The first-order valence-electron chi connectivity index (χ1n) is 7.11. The second kappa shape index (κ2) is 6.70. The van der Waals surface area contributed by atoms with Crippen LogP contribution in [0.4, 0.5) is 11.5 Å².